The summed E-state index contributed by atoms with van der Waals surface area (Å²) in [6, 6.07) is 80.6. The number of hydrogen-bond acceptors (Lipinski definition) is 2. The van der Waals surface area contributed by atoms with Crippen LogP contribution in [0.5, 0.6) is 0 Å². The predicted octanol–water partition coefficient (Wildman–Crippen LogP) is 15.4. The SMILES string of the molecule is c1ccc(-c2ccc(-n3c4ccccc4c4cc(-c5cccc6c7ccccc7c7ccc(-c8cc(-c9ccccc9)nc(-c9ccccc9)n8)cc7c56)ccc43)cc2)cc1. The molecule has 0 saturated heterocycles. The maximum atomic E-state index is 5.23. The maximum absolute atomic E-state index is 5.23. The van der Waals surface area contributed by atoms with E-state index in [-0.39, 0.29) is 0 Å². The van der Waals surface area contributed by atoms with Gasteiger partial charge in [-0.3, -0.25) is 0 Å². The van der Waals surface area contributed by atoms with Gasteiger partial charge in [0, 0.05) is 33.2 Å². The lowest BCUT2D eigenvalue weighted by Crippen LogP contribution is -1.96. The van der Waals surface area contributed by atoms with Crippen LogP contribution in [0, 0.1) is 0 Å². The zero-order chi connectivity index (χ0) is 40.3. The van der Waals surface area contributed by atoms with Crippen LogP contribution in [0.2, 0.25) is 0 Å². The van der Waals surface area contributed by atoms with E-state index in [2.05, 4.69) is 205 Å². The average Bonchev–Trinajstić information content (AvgIpc) is 3.68. The summed E-state index contributed by atoms with van der Waals surface area (Å²) in [6.45, 7) is 0. The number of fused-ring (bicyclic) bond motifs is 9. The molecule has 0 aliphatic heterocycles. The molecule has 284 valence electrons. The largest absolute Gasteiger partial charge is 0.309 e. The second-order valence-corrected chi connectivity index (χ2v) is 15.7. The molecule has 0 bridgehead atoms. The highest BCUT2D eigenvalue weighted by Gasteiger charge is 2.18. The Hall–Kier alpha value is -8.14. The molecule has 10 aromatic carbocycles. The smallest absolute Gasteiger partial charge is 0.160 e. The van der Waals surface area contributed by atoms with Crippen LogP contribution in [0.3, 0.4) is 0 Å². The molecule has 0 N–H and O–H groups in total. The molecule has 0 aliphatic carbocycles. The molecular formula is C58H37N3. The molecule has 3 nitrogen and oxygen atoms in total. The first-order chi connectivity index (χ1) is 30.2. The first kappa shape index (κ1) is 34.9. The van der Waals surface area contributed by atoms with E-state index < -0.39 is 0 Å². The zero-order valence-electron chi connectivity index (χ0n) is 33.2. The lowest BCUT2D eigenvalue weighted by molar-refractivity contribution is 1.18. The van der Waals surface area contributed by atoms with Gasteiger partial charge in [-0.05, 0) is 97.0 Å². The van der Waals surface area contributed by atoms with Gasteiger partial charge < -0.3 is 4.57 Å². The summed E-state index contributed by atoms with van der Waals surface area (Å²) in [5, 5.41) is 9.83. The average molecular weight is 776 g/mol. The van der Waals surface area contributed by atoms with Gasteiger partial charge in [-0.15, -0.1) is 0 Å². The van der Waals surface area contributed by atoms with E-state index in [1.807, 2.05) is 24.3 Å². The van der Waals surface area contributed by atoms with Gasteiger partial charge in [0.1, 0.15) is 0 Å². The number of rotatable bonds is 6. The third-order valence-corrected chi connectivity index (χ3v) is 12.2. The molecule has 0 radical (unpaired) electrons. The normalized spacial score (nSPS) is 11.6. The van der Waals surface area contributed by atoms with Crippen LogP contribution < -0.4 is 0 Å². The molecular weight excluding hydrogens is 739 g/mol. The third-order valence-electron chi connectivity index (χ3n) is 12.2. The number of aromatic nitrogens is 3. The fourth-order valence-corrected chi connectivity index (χ4v) is 9.33. The maximum Gasteiger partial charge on any atom is 0.160 e. The molecule has 0 unspecified atom stereocenters. The highest BCUT2D eigenvalue weighted by atomic mass is 15.0. The molecule has 3 heteroatoms. The van der Waals surface area contributed by atoms with Crippen molar-refractivity contribution in [1.82, 2.24) is 14.5 Å². The second-order valence-electron chi connectivity index (χ2n) is 15.7. The monoisotopic (exact) mass is 775 g/mol. The predicted molar refractivity (Wildman–Crippen MR) is 256 cm³/mol. The van der Waals surface area contributed by atoms with E-state index >= 15 is 0 Å². The van der Waals surface area contributed by atoms with Gasteiger partial charge in [0.2, 0.25) is 0 Å². The number of nitrogens with zero attached hydrogens (tertiary/aromatic N) is 3. The van der Waals surface area contributed by atoms with Crippen molar-refractivity contribution in [2.75, 3.05) is 0 Å². The molecule has 0 fully saturated rings. The van der Waals surface area contributed by atoms with Crippen molar-refractivity contribution >= 4 is 54.1 Å². The molecule has 0 spiro atoms. The molecule has 0 atom stereocenters. The lowest BCUT2D eigenvalue weighted by atomic mass is 9.88. The van der Waals surface area contributed by atoms with Gasteiger partial charge in [0.15, 0.2) is 5.82 Å². The van der Waals surface area contributed by atoms with Crippen molar-refractivity contribution in [2.45, 2.75) is 0 Å². The number of benzene rings is 10. The van der Waals surface area contributed by atoms with Crippen molar-refractivity contribution in [3.63, 3.8) is 0 Å². The molecule has 12 aromatic rings. The Bertz CT molecular complexity index is 3550. The number of para-hydroxylation sites is 1. The van der Waals surface area contributed by atoms with E-state index in [0.717, 1.165) is 33.8 Å². The number of hydrogen-bond donors (Lipinski definition) is 0. The highest BCUT2D eigenvalue weighted by Crippen LogP contribution is 2.43. The van der Waals surface area contributed by atoms with Gasteiger partial charge >= 0.3 is 0 Å². The summed E-state index contributed by atoms with van der Waals surface area (Å²) in [5.41, 5.74) is 13.2. The Morgan fingerprint density at radius 3 is 1.52 bits per heavy atom. The summed E-state index contributed by atoms with van der Waals surface area (Å²) < 4.78 is 2.40. The van der Waals surface area contributed by atoms with Gasteiger partial charge in [-0.1, -0.05) is 182 Å². The standard InChI is InChI=1S/C58H37N3/c1-4-15-38(16-5-1)39-27-31-44(32-28-39)61-55-26-13-12-23-49(55)51-35-42(30-34-56(51)61)45-24-14-25-50-47-22-11-10-21-46(47)48-33-29-43(36-52(48)57(45)50)54-37-53(40-17-6-2-7-18-40)59-58(60-54)41-19-8-3-9-20-41/h1-37H. The molecule has 61 heavy (non-hydrogen) atoms. The fraction of sp³-hybridized carbons (Fsp3) is 0. The van der Waals surface area contributed by atoms with Crippen LogP contribution in [-0.2, 0) is 0 Å². The lowest BCUT2D eigenvalue weighted by Gasteiger charge is -2.16. The van der Waals surface area contributed by atoms with Crippen LogP contribution in [0.4, 0.5) is 0 Å². The molecule has 0 amide bonds. The topological polar surface area (TPSA) is 30.7 Å². The molecule has 0 aliphatic rings. The minimum atomic E-state index is 0.709. The van der Waals surface area contributed by atoms with Crippen molar-refractivity contribution < 1.29 is 0 Å². The van der Waals surface area contributed by atoms with Crippen molar-refractivity contribution in [1.29, 1.82) is 0 Å². The summed E-state index contributed by atoms with van der Waals surface area (Å²) in [4.78, 5) is 10.3. The van der Waals surface area contributed by atoms with Gasteiger partial charge in [-0.25, -0.2) is 9.97 Å². The highest BCUT2D eigenvalue weighted by molar-refractivity contribution is 6.29. The first-order valence-corrected chi connectivity index (χ1v) is 20.8. The zero-order valence-corrected chi connectivity index (χ0v) is 33.2. The van der Waals surface area contributed by atoms with Gasteiger partial charge in [-0.2, -0.15) is 0 Å². The third kappa shape index (κ3) is 5.90. The minimum Gasteiger partial charge on any atom is -0.309 e. The molecule has 12 rings (SSSR count). The molecule has 2 aromatic heterocycles. The Morgan fingerprint density at radius 1 is 0.279 bits per heavy atom. The van der Waals surface area contributed by atoms with Crippen LogP contribution >= 0.6 is 0 Å². The first-order valence-electron chi connectivity index (χ1n) is 20.8. The molecule has 0 saturated carbocycles. The van der Waals surface area contributed by atoms with Gasteiger partial charge in [0.25, 0.3) is 0 Å². The van der Waals surface area contributed by atoms with Crippen LogP contribution in [0.1, 0.15) is 0 Å². The second kappa shape index (κ2) is 14.3. The quantitative estimate of drug-likeness (QED) is 0.158. The summed E-state index contributed by atoms with van der Waals surface area (Å²) in [5.74, 6) is 0.709. The van der Waals surface area contributed by atoms with Crippen molar-refractivity contribution in [3.8, 4) is 61.8 Å². The van der Waals surface area contributed by atoms with E-state index in [9.17, 15) is 0 Å². The van der Waals surface area contributed by atoms with E-state index in [0.29, 0.717) is 5.82 Å². The van der Waals surface area contributed by atoms with Crippen LogP contribution in [-0.4, -0.2) is 14.5 Å². The Morgan fingerprint density at radius 2 is 0.787 bits per heavy atom. The van der Waals surface area contributed by atoms with Crippen molar-refractivity contribution in [3.05, 3.63) is 224 Å². The summed E-state index contributed by atoms with van der Waals surface area (Å²) in [7, 11) is 0. The molecule has 2 heterocycles. The summed E-state index contributed by atoms with van der Waals surface area (Å²) >= 11 is 0. The van der Waals surface area contributed by atoms with Gasteiger partial charge in [0.05, 0.1) is 22.4 Å². The van der Waals surface area contributed by atoms with E-state index in [4.69, 9.17) is 9.97 Å². The van der Waals surface area contributed by atoms with Crippen molar-refractivity contribution in [2.24, 2.45) is 0 Å². The van der Waals surface area contributed by atoms with Crippen LogP contribution in [0.25, 0.3) is 116 Å². The fourth-order valence-electron chi connectivity index (χ4n) is 9.33. The minimum absolute atomic E-state index is 0.709. The summed E-state index contributed by atoms with van der Waals surface area (Å²) in [6.07, 6.45) is 0. The Kier molecular flexibility index (Phi) is 8.17. The van der Waals surface area contributed by atoms with Crippen LogP contribution in [0.15, 0.2) is 224 Å². The Labute approximate surface area is 353 Å². The Balaban J connectivity index is 1.07. The van der Waals surface area contributed by atoms with E-state index in [1.54, 1.807) is 0 Å². The van der Waals surface area contributed by atoms with E-state index in [1.165, 1.54) is 76.4 Å².